The summed E-state index contributed by atoms with van der Waals surface area (Å²) in [6.07, 6.45) is 0.129. The number of ether oxygens (including phenoxy) is 2. The molecule has 0 N–H and O–H groups in total. The number of pyridine rings is 1. The molecule has 1 aromatic carbocycles. The Bertz CT molecular complexity index is 1020. The molecule has 30 heavy (non-hydrogen) atoms. The Morgan fingerprint density at radius 1 is 1.20 bits per heavy atom. The van der Waals surface area contributed by atoms with E-state index in [9.17, 15) is 13.2 Å². The maximum atomic E-state index is 13.1. The van der Waals surface area contributed by atoms with Gasteiger partial charge >= 0.3 is 6.18 Å². The Morgan fingerprint density at radius 2 is 1.97 bits per heavy atom. The van der Waals surface area contributed by atoms with Crippen LogP contribution in [-0.4, -0.2) is 39.5 Å². The van der Waals surface area contributed by atoms with Crippen molar-refractivity contribution < 1.29 is 22.6 Å². The van der Waals surface area contributed by atoms with Crippen molar-refractivity contribution in [2.75, 3.05) is 19.5 Å². The Morgan fingerprint density at radius 3 is 2.63 bits per heavy atom. The van der Waals surface area contributed by atoms with E-state index >= 15 is 0 Å². The minimum Gasteiger partial charge on any atom is -0.491 e. The summed E-state index contributed by atoms with van der Waals surface area (Å²) in [5.74, 6) is 1.12. The first-order chi connectivity index (χ1) is 14.3. The zero-order chi connectivity index (χ0) is 21.9. The third-order valence-electron chi connectivity index (χ3n) is 4.81. The molecule has 0 aliphatic heterocycles. The lowest BCUT2D eigenvalue weighted by Gasteiger charge is -2.14. The molecular formula is C21H24F3N3O2S. The van der Waals surface area contributed by atoms with Gasteiger partial charge in [0.15, 0.2) is 5.82 Å². The van der Waals surface area contributed by atoms with Crippen LogP contribution in [0.15, 0.2) is 30.5 Å². The number of alkyl halides is 3. The summed E-state index contributed by atoms with van der Waals surface area (Å²) in [6.45, 7) is 6.78. The molecule has 3 rings (SSSR count). The maximum Gasteiger partial charge on any atom is 0.416 e. The molecule has 0 amide bonds. The van der Waals surface area contributed by atoms with E-state index in [1.54, 1.807) is 16.2 Å². The molecule has 0 aliphatic rings. The van der Waals surface area contributed by atoms with Gasteiger partial charge in [-0.05, 0) is 56.5 Å². The Hall–Kier alpha value is -2.26. The number of benzene rings is 1. The minimum absolute atomic E-state index is 0.172. The average Bonchev–Trinajstić information content (AvgIpc) is 3.08. The molecule has 9 heteroatoms. The number of fused-ring (bicyclic) bond motifs is 1. The van der Waals surface area contributed by atoms with Crippen molar-refractivity contribution in [1.29, 1.82) is 0 Å². The van der Waals surface area contributed by atoms with Gasteiger partial charge < -0.3 is 9.47 Å². The highest BCUT2D eigenvalue weighted by atomic mass is 32.2. The van der Waals surface area contributed by atoms with Crippen LogP contribution < -0.4 is 4.74 Å². The van der Waals surface area contributed by atoms with Crippen LogP contribution in [0.4, 0.5) is 13.2 Å². The number of aromatic nitrogens is 3. The van der Waals surface area contributed by atoms with Crippen LogP contribution in [0.1, 0.15) is 31.4 Å². The molecule has 2 heterocycles. The van der Waals surface area contributed by atoms with E-state index in [1.165, 1.54) is 18.0 Å². The third kappa shape index (κ3) is 4.73. The van der Waals surface area contributed by atoms with Crippen molar-refractivity contribution in [1.82, 2.24) is 13.9 Å². The summed E-state index contributed by atoms with van der Waals surface area (Å²) in [7, 11) is 0. The van der Waals surface area contributed by atoms with Crippen molar-refractivity contribution in [3.8, 4) is 17.3 Å². The predicted molar refractivity (Wildman–Crippen MR) is 113 cm³/mol. The van der Waals surface area contributed by atoms with Crippen molar-refractivity contribution in [3.05, 3.63) is 41.6 Å². The molecule has 0 aliphatic carbocycles. The second-order valence-electron chi connectivity index (χ2n) is 6.83. The quantitative estimate of drug-likeness (QED) is 0.419. The molecular weight excluding hydrogens is 415 g/mol. The summed E-state index contributed by atoms with van der Waals surface area (Å²) in [4.78, 5) is 8.88. The van der Waals surface area contributed by atoms with Gasteiger partial charge in [0.25, 0.3) is 0 Å². The summed E-state index contributed by atoms with van der Waals surface area (Å²) < 4.78 is 52.5. The number of halogens is 3. The van der Waals surface area contributed by atoms with Crippen molar-refractivity contribution in [3.63, 3.8) is 0 Å². The number of hydrogen-bond acceptors (Lipinski definition) is 5. The molecule has 3 aromatic rings. The van der Waals surface area contributed by atoms with Crippen LogP contribution in [0.25, 0.3) is 22.6 Å². The van der Waals surface area contributed by atoms with E-state index in [4.69, 9.17) is 9.47 Å². The number of nitrogens with zero attached hydrogens (tertiary/aromatic N) is 3. The van der Waals surface area contributed by atoms with Crippen LogP contribution in [0.2, 0.25) is 0 Å². The van der Waals surface area contributed by atoms with Gasteiger partial charge in [-0.3, -0.25) is 8.96 Å². The molecule has 0 saturated carbocycles. The summed E-state index contributed by atoms with van der Waals surface area (Å²) in [6, 6.07) is 5.33. The average molecular weight is 440 g/mol. The Labute approximate surface area is 177 Å². The smallest absolute Gasteiger partial charge is 0.416 e. The second kappa shape index (κ2) is 9.26. The third-order valence-corrected chi connectivity index (χ3v) is 5.54. The molecule has 0 saturated heterocycles. The van der Waals surface area contributed by atoms with Crippen molar-refractivity contribution >= 4 is 23.0 Å². The zero-order valence-corrected chi connectivity index (χ0v) is 18.1. The Balaban J connectivity index is 1.93. The normalized spacial score (nSPS) is 13.0. The molecule has 0 fully saturated rings. The van der Waals surface area contributed by atoms with Gasteiger partial charge in [0.1, 0.15) is 18.1 Å². The van der Waals surface area contributed by atoms with E-state index < -0.39 is 11.7 Å². The number of imidazole rings is 1. The highest BCUT2D eigenvalue weighted by Gasteiger charge is 2.31. The van der Waals surface area contributed by atoms with E-state index in [1.807, 2.05) is 20.1 Å². The fraction of sp³-hybridized carbons (Fsp3) is 0.429. The first-order valence-corrected chi connectivity index (χ1v) is 10.8. The van der Waals surface area contributed by atoms with Gasteiger partial charge in [-0.25, -0.2) is 4.98 Å². The topological polar surface area (TPSA) is 49.2 Å². The molecule has 1 atom stereocenters. The lowest BCUT2D eigenvalue weighted by molar-refractivity contribution is -0.137. The van der Waals surface area contributed by atoms with Gasteiger partial charge in [-0.15, -0.1) is 0 Å². The van der Waals surface area contributed by atoms with Crippen LogP contribution in [0.5, 0.6) is 5.75 Å². The molecule has 162 valence electrons. The summed E-state index contributed by atoms with van der Waals surface area (Å²) in [5, 5.41) is 0. The van der Waals surface area contributed by atoms with Crippen LogP contribution in [-0.2, 0) is 10.9 Å². The standard InChI is InChI=1S/C21H24F3N3O2S/c1-5-13(2)28-10-11-29-18-8-9-25-19(14(18)3)20-26-16-12-15(21(22,23)24)6-7-17(16)27(20)30-4/h6-9,12-13H,5,10-11H2,1-4H3. The van der Waals surface area contributed by atoms with Gasteiger partial charge in [0, 0.05) is 18.0 Å². The highest BCUT2D eigenvalue weighted by molar-refractivity contribution is 7.97. The number of rotatable bonds is 8. The van der Waals surface area contributed by atoms with Crippen LogP contribution in [0.3, 0.4) is 0 Å². The van der Waals surface area contributed by atoms with Crippen molar-refractivity contribution in [2.45, 2.75) is 39.5 Å². The molecule has 2 aromatic heterocycles. The first-order valence-electron chi connectivity index (χ1n) is 9.60. The van der Waals surface area contributed by atoms with E-state index in [0.29, 0.717) is 36.0 Å². The molecule has 0 bridgehead atoms. The minimum atomic E-state index is -4.42. The lowest BCUT2D eigenvalue weighted by atomic mass is 10.2. The fourth-order valence-corrected chi connectivity index (χ4v) is 3.64. The highest BCUT2D eigenvalue weighted by Crippen LogP contribution is 2.35. The predicted octanol–water partition coefficient (Wildman–Crippen LogP) is 5.75. The van der Waals surface area contributed by atoms with E-state index in [2.05, 4.69) is 16.9 Å². The van der Waals surface area contributed by atoms with Gasteiger partial charge in [0.2, 0.25) is 0 Å². The first kappa shape index (κ1) is 22.4. The van der Waals surface area contributed by atoms with Gasteiger partial charge in [0.05, 0.1) is 29.3 Å². The summed E-state index contributed by atoms with van der Waals surface area (Å²) >= 11 is 1.35. The molecule has 5 nitrogen and oxygen atoms in total. The van der Waals surface area contributed by atoms with Crippen LogP contribution >= 0.6 is 11.9 Å². The van der Waals surface area contributed by atoms with E-state index in [-0.39, 0.29) is 11.6 Å². The maximum absolute atomic E-state index is 13.1. The molecule has 0 radical (unpaired) electrons. The zero-order valence-electron chi connectivity index (χ0n) is 17.3. The largest absolute Gasteiger partial charge is 0.491 e. The van der Waals surface area contributed by atoms with Gasteiger partial charge in [-0.2, -0.15) is 13.2 Å². The molecule has 1 unspecified atom stereocenters. The van der Waals surface area contributed by atoms with Gasteiger partial charge in [-0.1, -0.05) is 6.92 Å². The van der Waals surface area contributed by atoms with E-state index in [0.717, 1.165) is 24.1 Å². The van der Waals surface area contributed by atoms with Crippen molar-refractivity contribution in [2.24, 2.45) is 0 Å². The SMILES string of the molecule is CCC(C)OCCOc1ccnc(-c2nc3cc(C(F)(F)F)ccc3n2SC)c1C. The second-order valence-corrected chi connectivity index (χ2v) is 7.56. The van der Waals surface area contributed by atoms with Crippen LogP contribution in [0, 0.1) is 6.92 Å². The lowest BCUT2D eigenvalue weighted by Crippen LogP contribution is -2.13. The summed E-state index contributed by atoms with van der Waals surface area (Å²) in [5.41, 5.74) is 1.47. The monoisotopic (exact) mass is 439 g/mol. The fourth-order valence-electron chi connectivity index (χ4n) is 2.99. The number of hydrogen-bond donors (Lipinski definition) is 0. The molecule has 0 spiro atoms. The Kier molecular flexibility index (Phi) is 6.92.